The number of anilines is 1. The topological polar surface area (TPSA) is 12.0 Å². The number of hydrogen-bond donors (Lipinski definition) is 1. The summed E-state index contributed by atoms with van der Waals surface area (Å²) >= 11 is 3.23. The van der Waals surface area contributed by atoms with Crippen molar-refractivity contribution in [3.05, 3.63) is 28.5 Å². The van der Waals surface area contributed by atoms with Crippen molar-refractivity contribution >= 4 is 21.6 Å². The minimum Gasteiger partial charge on any atom is -0.382 e. The molecule has 2 atom stereocenters. The van der Waals surface area contributed by atoms with E-state index < -0.39 is 0 Å². The minimum atomic E-state index is -0.201. The smallest absolute Gasteiger partial charge is 0.137 e. The summed E-state index contributed by atoms with van der Waals surface area (Å²) < 4.78 is 13.7. The first-order valence-corrected chi connectivity index (χ1v) is 7.70. The Bertz CT molecular complexity index is 394. The van der Waals surface area contributed by atoms with Gasteiger partial charge in [-0.2, -0.15) is 0 Å². The van der Waals surface area contributed by atoms with E-state index in [1.165, 1.54) is 44.6 Å². The van der Waals surface area contributed by atoms with Crippen molar-refractivity contribution in [2.45, 2.75) is 51.5 Å². The summed E-state index contributed by atoms with van der Waals surface area (Å²) in [5.74, 6) is 0.698. The Labute approximate surface area is 117 Å². The third-order valence-corrected chi connectivity index (χ3v) is 4.56. The number of nitrogens with one attached hydrogen (secondary N) is 1. The number of rotatable bonds is 3. The molecule has 1 aromatic rings. The van der Waals surface area contributed by atoms with Crippen LogP contribution in [0.25, 0.3) is 0 Å². The van der Waals surface area contributed by atoms with Gasteiger partial charge in [-0.3, -0.25) is 0 Å². The lowest BCUT2D eigenvalue weighted by Crippen LogP contribution is -2.18. The van der Waals surface area contributed by atoms with E-state index in [0.717, 1.165) is 11.6 Å². The molecule has 0 radical (unpaired) electrons. The summed E-state index contributed by atoms with van der Waals surface area (Å²) in [5.41, 5.74) is 1.02. The van der Waals surface area contributed by atoms with Crippen molar-refractivity contribution in [3.63, 3.8) is 0 Å². The maximum Gasteiger partial charge on any atom is 0.137 e. The second-order valence-corrected chi connectivity index (χ2v) is 6.11. The molecule has 1 nitrogen and oxygen atoms in total. The molecular weight excluding hydrogens is 293 g/mol. The molecule has 0 aliphatic heterocycles. The van der Waals surface area contributed by atoms with Crippen LogP contribution in [0.5, 0.6) is 0 Å². The quantitative estimate of drug-likeness (QED) is 0.741. The van der Waals surface area contributed by atoms with Gasteiger partial charge in [0.15, 0.2) is 0 Å². The van der Waals surface area contributed by atoms with Gasteiger partial charge in [-0.05, 0) is 59.3 Å². The zero-order chi connectivity index (χ0) is 13.0. The van der Waals surface area contributed by atoms with Crippen molar-refractivity contribution in [1.82, 2.24) is 0 Å². The molecule has 1 N–H and O–H groups in total. The monoisotopic (exact) mass is 313 g/mol. The Morgan fingerprint density at radius 1 is 1.28 bits per heavy atom. The Balaban J connectivity index is 1.94. The van der Waals surface area contributed by atoms with Gasteiger partial charge in [-0.1, -0.05) is 26.2 Å². The van der Waals surface area contributed by atoms with E-state index in [1.807, 2.05) is 12.1 Å². The second kappa shape index (κ2) is 6.55. The van der Waals surface area contributed by atoms with E-state index >= 15 is 0 Å². The minimum absolute atomic E-state index is 0.201. The zero-order valence-corrected chi connectivity index (χ0v) is 12.5. The number of hydrogen-bond acceptors (Lipinski definition) is 1. The molecule has 1 aliphatic carbocycles. The maximum absolute atomic E-state index is 13.2. The molecule has 0 spiro atoms. The van der Waals surface area contributed by atoms with Crippen LogP contribution in [0, 0.1) is 11.7 Å². The Hall–Kier alpha value is -0.570. The van der Waals surface area contributed by atoms with Crippen LogP contribution in [0.1, 0.15) is 45.4 Å². The molecular formula is C15H21BrFN. The fourth-order valence-corrected chi connectivity index (χ4v) is 3.13. The van der Waals surface area contributed by atoms with Gasteiger partial charge in [-0.25, -0.2) is 4.39 Å². The first-order chi connectivity index (χ1) is 8.69. The van der Waals surface area contributed by atoms with Gasteiger partial charge in [0, 0.05) is 11.7 Å². The number of benzene rings is 1. The summed E-state index contributed by atoms with van der Waals surface area (Å²) in [7, 11) is 0. The second-order valence-electron chi connectivity index (χ2n) is 5.25. The van der Waals surface area contributed by atoms with Gasteiger partial charge < -0.3 is 5.32 Å². The van der Waals surface area contributed by atoms with E-state index in [0.29, 0.717) is 10.5 Å². The van der Waals surface area contributed by atoms with Crippen LogP contribution in [-0.4, -0.2) is 6.04 Å². The lowest BCUT2D eigenvalue weighted by molar-refractivity contribution is 0.444. The molecule has 3 heteroatoms. The lowest BCUT2D eigenvalue weighted by Gasteiger charge is -2.18. The zero-order valence-electron chi connectivity index (χ0n) is 10.9. The van der Waals surface area contributed by atoms with Crippen LogP contribution in [0.2, 0.25) is 0 Å². The third kappa shape index (κ3) is 3.71. The van der Waals surface area contributed by atoms with Gasteiger partial charge in [0.05, 0.1) is 4.47 Å². The largest absolute Gasteiger partial charge is 0.382 e. The summed E-state index contributed by atoms with van der Waals surface area (Å²) in [5, 5.41) is 3.54. The van der Waals surface area contributed by atoms with Crippen LogP contribution in [0.3, 0.4) is 0 Å². The molecule has 100 valence electrons. The highest BCUT2D eigenvalue weighted by molar-refractivity contribution is 9.10. The molecule has 2 rings (SSSR count). The highest BCUT2D eigenvalue weighted by Gasteiger charge is 2.17. The molecule has 0 aromatic heterocycles. The lowest BCUT2D eigenvalue weighted by atomic mass is 9.98. The van der Waals surface area contributed by atoms with E-state index in [1.54, 1.807) is 0 Å². The maximum atomic E-state index is 13.2. The molecule has 2 unspecified atom stereocenters. The van der Waals surface area contributed by atoms with Crippen molar-refractivity contribution in [3.8, 4) is 0 Å². The van der Waals surface area contributed by atoms with Crippen LogP contribution in [0.4, 0.5) is 10.1 Å². The molecule has 0 heterocycles. The van der Waals surface area contributed by atoms with E-state index in [-0.39, 0.29) is 5.82 Å². The van der Waals surface area contributed by atoms with Crippen LogP contribution in [-0.2, 0) is 0 Å². The van der Waals surface area contributed by atoms with Crippen LogP contribution < -0.4 is 5.32 Å². The van der Waals surface area contributed by atoms with Gasteiger partial charge >= 0.3 is 0 Å². The van der Waals surface area contributed by atoms with Crippen LogP contribution >= 0.6 is 15.9 Å². The SMILES string of the molecule is CCC1CCCC(Nc2ccc(F)c(Br)c2)CC1. The normalized spacial score (nSPS) is 24.6. The fraction of sp³-hybridized carbons (Fsp3) is 0.600. The summed E-state index contributed by atoms with van der Waals surface area (Å²) in [6, 6.07) is 5.71. The van der Waals surface area contributed by atoms with E-state index in [4.69, 9.17) is 0 Å². The van der Waals surface area contributed by atoms with Crippen molar-refractivity contribution in [2.24, 2.45) is 5.92 Å². The van der Waals surface area contributed by atoms with Crippen LogP contribution in [0.15, 0.2) is 22.7 Å². The molecule has 0 saturated heterocycles. The standard InChI is InChI=1S/C15H21BrFN/c1-2-11-4-3-5-12(7-6-11)18-13-8-9-15(17)14(16)10-13/h8-12,18H,2-7H2,1H3. The molecule has 0 bridgehead atoms. The van der Waals surface area contributed by atoms with Crippen molar-refractivity contribution in [2.75, 3.05) is 5.32 Å². The third-order valence-electron chi connectivity index (χ3n) is 3.96. The molecule has 18 heavy (non-hydrogen) atoms. The summed E-state index contributed by atoms with van der Waals surface area (Å²) in [6.07, 6.45) is 7.74. The van der Waals surface area contributed by atoms with Crippen molar-refractivity contribution in [1.29, 1.82) is 0 Å². The highest BCUT2D eigenvalue weighted by atomic mass is 79.9. The molecule has 1 aliphatic rings. The first-order valence-electron chi connectivity index (χ1n) is 6.90. The Morgan fingerprint density at radius 3 is 2.83 bits per heavy atom. The fourth-order valence-electron chi connectivity index (χ4n) is 2.75. The summed E-state index contributed by atoms with van der Waals surface area (Å²) in [6.45, 7) is 2.29. The average molecular weight is 314 g/mol. The Kier molecular flexibility index (Phi) is 5.04. The van der Waals surface area contributed by atoms with Crippen molar-refractivity contribution < 1.29 is 4.39 Å². The van der Waals surface area contributed by atoms with Gasteiger partial charge in [-0.15, -0.1) is 0 Å². The molecule has 1 fully saturated rings. The molecule has 1 aromatic carbocycles. The molecule has 0 amide bonds. The average Bonchev–Trinajstić information content (AvgIpc) is 2.59. The summed E-state index contributed by atoms with van der Waals surface area (Å²) in [4.78, 5) is 0. The Morgan fingerprint density at radius 2 is 2.11 bits per heavy atom. The molecule has 1 saturated carbocycles. The van der Waals surface area contributed by atoms with Gasteiger partial charge in [0.25, 0.3) is 0 Å². The van der Waals surface area contributed by atoms with E-state index in [2.05, 4.69) is 28.2 Å². The predicted octanol–water partition coefficient (Wildman–Crippen LogP) is 5.36. The van der Waals surface area contributed by atoms with E-state index in [9.17, 15) is 4.39 Å². The number of halogens is 2. The highest BCUT2D eigenvalue weighted by Crippen LogP contribution is 2.28. The van der Waals surface area contributed by atoms with Gasteiger partial charge in [0.2, 0.25) is 0 Å². The predicted molar refractivity (Wildman–Crippen MR) is 78.4 cm³/mol. The van der Waals surface area contributed by atoms with Gasteiger partial charge in [0.1, 0.15) is 5.82 Å². The first kappa shape index (κ1) is 13.9.